The first kappa shape index (κ1) is 17.6. The standard InChI is InChI=1S/C21H15BrCl2N2/c22-16-9-5-14(6-10-16)19-13-21(15-7-11-17(23)12-8-15)26(25-19)20-4-2-1-3-18(20)24/h1-12,21H,13H2/t21-/m0/s1. The Balaban J connectivity index is 1.77. The summed E-state index contributed by atoms with van der Waals surface area (Å²) < 4.78 is 1.05. The monoisotopic (exact) mass is 444 g/mol. The number of para-hydroxylation sites is 1. The third-order valence-electron chi connectivity index (χ3n) is 4.44. The molecule has 0 saturated carbocycles. The van der Waals surface area contributed by atoms with Crippen LogP contribution < -0.4 is 5.01 Å². The smallest absolute Gasteiger partial charge is 0.0832 e. The molecule has 0 fully saturated rings. The van der Waals surface area contributed by atoms with E-state index in [1.807, 2.05) is 53.5 Å². The van der Waals surface area contributed by atoms with Crippen LogP contribution in [0.3, 0.4) is 0 Å². The van der Waals surface area contributed by atoms with Crippen LogP contribution in [0.5, 0.6) is 0 Å². The zero-order chi connectivity index (χ0) is 18.1. The van der Waals surface area contributed by atoms with Crippen molar-refractivity contribution < 1.29 is 0 Å². The SMILES string of the molecule is Clc1ccc([C@@H]2CC(c3ccc(Br)cc3)=NN2c2ccccc2Cl)cc1. The maximum Gasteiger partial charge on any atom is 0.0832 e. The topological polar surface area (TPSA) is 15.6 Å². The van der Waals surface area contributed by atoms with Gasteiger partial charge in [0.1, 0.15) is 0 Å². The molecular formula is C21H15BrCl2N2. The van der Waals surface area contributed by atoms with Gasteiger partial charge in [0.2, 0.25) is 0 Å². The first-order valence-electron chi connectivity index (χ1n) is 8.24. The van der Waals surface area contributed by atoms with Gasteiger partial charge in [-0.2, -0.15) is 5.10 Å². The number of hydrogen-bond acceptors (Lipinski definition) is 2. The van der Waals surface area contributed by atoms with Crippen molar-refractivity contribution >= 4 is 50.5 Å². The van der Waals surface area contributed by atoms with Crippen molar-refractivity contribution in [1.29, 1.82) is 0 Å². The molecule has 1 heterocycles. The van der Waals surface area contributed by atoms with E-state index in [1.54, 1.807) is 0 Å². The van der Waals surface area contributed by atoms with Gasteiger partial charge in [0, 0.05) is 15.9 Å². The molecule has 3 aromatic carbocycles. The lowest BCUT2D eigenvalue weighted by molar-refractivity contribution is 0.709. The Hall–Kier alpha value is -1.81. The predicted octanol–water partition coefficient (Wildman–Crippen LogP) is 7.11. The van der Waals surface area contributed by atoms with Crippen molar-refractivity contribution in [3.63, 3.8) is 0 Å². The fraction of sp³-hybridized carbons (Fsp3) is 0.0952. The van der Waals surface area contributed by atoms with E-state index in [9.17, 15) is 0 Å². The molecule has 0 amide bonds. The van der Waals surface area contributed by atoms with Crippen LogP contribution >= 0.6 is 39.1 Å². The molecule has 4 rings (SSSR count). The minimum Gasteiger partial charge on any atom is -0.256 e. The fourth-order valence-electron chi connectivity index (χ4n) is 3.13. The molecule has 1 aliphatic rings. The Morgan fingerprint density at radius 3 is 2.27 bits per heavy atom. The molecule has 0 radical (unpaired) electrons. The zero-order valence-corrected chi connectivity index (χ0v) is 16.8. The highest BCUT2D eigenvalue weighted by molar-refractivity contribution is 9.10. The maximum absolute atomic E-state index is 6.46. The minimum absolute atomic E-state index is 0.0748. The third-order valence-corrected chi connectivity index (χ3v) is 5.54. The van der Waals surface area contributed by atoms with E-state index < -0.39 is 0 Å². The maximum atomic E-state index is 6.46. The summed E-state index contributed by atoms with van der Waals surface area (Å²) >= 11 is 16.0. The van der Waals surface area contributed by atoms with E-state index in [-0.39, 0.29) is 6.04 Å². The fourth-order valence-corrected chi connectivity index (χ4v) is 3.74. The molecule has 1 atom stereocenters. The molecule has 3 aromatic rings. The molecule has 5 heteroatoms. The van der Waals surface area contributed by atoms with Gasteiger partial charge in [-0.3, -0.25) is 5.01 Å². The van der Waals surface area contributed by atoms with Gasteiger partial charge >= 0.3 is 0 Å². The van der Waals surface area contributed by atoms with Crippen molar-refractivity contribution in [2.75, 3.05) is 5.01 Å². The summed E-state index contributed by atoms with van der Waals surface area (Å²) in [6, 6.07) is 24.0. The highest BCUT2D eigenvalue weighted by Crippen LogP contribution is 2.39. The van der Waals surface area contributed by atoms with Gasteiger partial charge in [-0.05, 0) is 47.5 Å². The van der Waals surface area contributed by atoms with Crippen molar-refractivity contribution in [1.82, 2.24) is 0 Å². The van der Waals surface area contributed by atoms with Crippen molar-refractivity contribution in [3.05, 3.63) is 98.4 Å². The Labute approximate surface area is 171 Å². The van der Waals surface area contributed by atoms with E-state index >= 15 is 0 Å². The molecule has 2 nitrogen and oxygen atoms in total. The summed E-state index contributed by atoms with van der Waals surface area (Å²) in [6.07, 6.45) is 0.800. The molecule has 0 N–H and O–H groups in total. The summed E-state index contributed by atoms with van der Waals surface area (Å²) in [5.41, 5.74) is 4.21. The van der Waals surface area contributed by atoms with Gasteiger partial charge in [-0.15, -0.1) is 0 Å². The predicted molar refractivity (Wildman–Crippen MR) is 113 cm³/mol. The molecule has 0 unspecified atom stereocenters. The lowest BCUT2D eigenvalue weighted by Crippen LogP contribution is -2.18. The summed E-state index contributed by atoms with van der Waals surface area (Å²) in [5, 5.41) is 8.35. The van der Waals surface area contributed by atoms with Gasteiger partial charge < -0.3 is 0 Å². The number of hydrazone groups is 1. The van der Waals surface area contributed by atoms with Crippen LogP contribution in [-0.4, -0.2) is 5.71 Å². The van der Waals surface area contributed by atoms with Crippen molar-refractivity contribution in [3.8, 4) is 0 Å². The number of hydrogen-bond donors (Lipinski definition) is 0. The van der Waals surface area contributed by atoms with Gasteiger partial charge in [-0.1, -0.05) is 75.5 Å². The molecule has 0 saturated heterocycles. The summed E-state index contributed by atoms with van der Waals surface area (Å²) in [6.45, 7) is 0. The van der Waals surface area contributed by atoms with Gasteiger partial charge in [0.25, 0.3) is 0 Å². The first-order chi connectivity index (χ1) is 12.6. The summed E-state index contributed by atoms with van der Waals surface area (Å²) in [5.74, 6) is 0. The quantitative estimate of drug-likeness (QED) is 0.419. The Kier molecular flexibility index (Phi) is 5.03. The molecule has 0 spiro atoms. The van der Waals surface area contributed by atoms with E-state index in [1.165, 1.54) is 0 Å². The lowest BCUT2D eigenvalue weighted by Gasteiger charge is -2.24. The molecule has 0 bridgehead atoms. The van der Waals surface area contributed by atoms with Gasteiger partial charge in [-0.25, -0.2) is 0 Å². The van der Waals surface area contributed by atoms with Gasteiger partial charge in [0.05, 0.1) is 22.5 Å². The molecule has 130 valence electrons. The zero-order valence-electron chi connectivity index (χ0n) is 13.7. The Morgan fingerprint density at radius 2 is 1.58 bits per heavy atom. The summed E-state index contributed by atoms with van der Waals surface area (Å²) in [7, 11) is 0. The van der Waals surface area contributed by atoms with E-state index in [2.05, 4.69) is 40.2 Å². The minimum atomic E-state index is 0.0748. The van der Waals surface area contributed by atoms with Crippen LogP contribution in [0.4, 0.5) is 5.69 Å². The van der Waals surface area contributed by atoms with Gasteiger partial charge in [0.15, 0.2) is 0 Å². The van der Waals surface area contributed by atoms with E-state index in [0.29, 0.717) is 5.02 Å². The van der Waals surface area contributed by atoms with E-state index in [0.717, 1.165) is 38.4 Å². The van der Waals surface area contributed by atoms with Crippen LogP contribution in [-0.2, 0) is 0 Å². The average molecular weight is 446 g/mol. The average Bonchev–Trinajstić information content (AvgIpc) is 3.08. The van der Waals surface area contributed by atoms with E-state index in [4.69, 9.17) is 28.3 Å². The Bertz CT molecular complexity index is 953. The Morgan fingerprint density at radius 1 is 0.885 bits per heavy atom. The second-order valence-corrected chi connectivity index (χ2v) is 7.88. The molecule has 0 aliphatic carbocycles. The molecule has 26 heavy (non-hydrogen) atoms. The van der Waals surface area contributed by atoms with Crippen LogP contribution in [0.15, 0.2) is 82.4 Å². The first-order valence-corrected chi connectivity index (χ1v) is 9.79. The largest absolute Gasteiger partial charge is 0.256 e. The molecule has 0 aromatic heterocycles. The highest BCUT2D eigenvalue weighted by atomic mass is 79.9. The number of anilines is 1. The highest BCUT2D eigenvalue weighted by Gasteiger charge is 2.30. The van der Waals surface area contributed by atoms with Crippen LogP contribution in [0, 0.1) is 0 Å². The molecular weight excluding hydrogens is 431 g/mol. The van der Waals surface area contributed by atoms with Crippen LogP contribution in [0.1, 0.15) is 23.6 Å². The summed E-state index contributed by atoms with van der Waals surface area (Å²) in [4.78, 5) is 0. The van der Waals surface area contributed by atoms with Crippen molar-refractivity contribution in [2.24, 2.45) is 5.10 Å². The third kappa shape index (κ3) is 3.52. The molecule has 1 aliphatic heterocycles. The van der Waals surface area contributed by atoms with Crippen LogP contribution in [0.25, 0.3) is 0 Å². The number of halogens is 3. The number of rotatable bonds is 3. The normalized spacial score (nSPS) is 16.7. The van der Waals surface area contributed by atoms with Crippen LogP contribution in [0.2, 0.25) is 10.0 Å². The number of benzene rings is 3. The lowest BCUT2D eigenvalue weighted by atomic mass is 9.98. The second kappa shape index (κ2) is 7.43. The number of nitrogens with zero attached hydrogens (tertiary/aromatic N) is 2. The van der Waals surface area contributed by atoms with Crippen molar-refractivity contribution in [2.45, 2.75) is 12.5 Å². The second-order valence-electron chi connectivity index (χ2n) is 6.12.